The van der Waals surface area contributed by atoms with Gasteiger partial charge in [0.05, 0.1) is 6.10 Å². The summed E-state index contributed by atoms with van der Waals surface area (Å²) >= 11 is 3.31. The highest BCUT2D eigenvalue weighted by atomic mass is 79.9. The first-order chi connectivity index (χ1) is 9.56. The average molecular weight is 388 g/mol. The van der Waals surface area contributed by atoms with Gasteiger partial charge in [-0.25, -0.2) is 0 Å². The van der Waals surface area contributed by atoms with Crippen LogP contribution in [-0.2, 0) is 6.54 Å². The molecule has 0 aromatic heterocycles. The molecular weight excluding hydrogens is 370 g/mol. The fourth-order valence-electron chi connectivity index (χ4n) is 2.22. The van der Waals surface area contributed by atoms with E-state index in [-0.39, 0.29) is 30.2 Å². The maximum Gasteiger partial charge on any atom is 0.387 e. The molecule has 8 heteroatoms. The number of aliphatic hydroxyl groups excluding tert-OH is 1. The van der Waals surface area contributed by atoms with Gasteiger partial charge in [-0.3, -0.25) is 0 Å². The van der Waals surface area contributed by atoms with Gasteiger partial charge < -0.3 is 20.5 Å². The van der Waals surface area contributed by atoms with Crippen LogP contribution in [-0.4, -0.2) is 37.5 Å². The van der Waals surface area contributed by atoms with Crippen molar-refractivity contribution in [2.75, 3.05) is 19.6 Å². The molecule has 120 valence electrons. The number of hydrogen-bond donors (Lipinski definition) is 3. The molecule has 0 spiro atoms. The summed E-state index contributed by atoms with van der Waals surface area (Å²) in [5.74, 6) is 0.308. The lowest BCUT2D eigenvalue weighted by molar-refractivity contribution is -0.0505. The Morgan fingerprint density at radius 2 is 2.19 bits per heavy atom. The molecule has 1 fully saturated rings. The summed E-state index contributed by atoms with van der Waals surface area (Å²) in [4.78, 5) is 0. The topological polar surface area (TPSA) is 53.5 Å². The Hall–Kier alpha value is -0.470. The number of halogens is 4. The molecule has 0 radical (unpaired) electrons. The molecule has 1 aliphatic heterocycles. The Kier molecular flexibility index (Phi) is 7.83. The van der Waals surface area contributed by atoms with Gasteiger partial charge in [-0.15, -0.1) is 12.4 Å². The van der Waals surface area contributed by atoms with Gasteiger partial charge in [-0.2, -0.15) is 8.78 Å². The Bertz CT molecular complexity index is 454. The molecule has 0 amide bonds. The second-order valence-corrected chi connectivity index (χ2v) is 5.66. The molecule has 2 rings (SSSR count). The first-order valence-corrected chi connectivity index (χ1v) is 7.18. The van der Waals surface area contributed by atoms with E-state index in [0.717, 1.165) is 11.0 Å². The largest absolute Gasteiger partial charge is 0.434 e. The molecule has 21 heavy (non-hydrogen) atoms. The lowest BCUT2D eigenvalue weighted by Gasteiger charge is -2.16. The van der Waals surface area contributed by atoms with Crippen LogP contribution in [0.3, 0.4) is 0 Å². The fraction of sp³-hybridized carbons (Fsp3) is 0.538. The van der Waals surface area contributed by atoms with Crippen LogP contribution in [0.15, 0.2) is 22.7 Å². The molecule has 0 aliphatic carbocycles. The third kappa shape index (κ3) is 5.67. The Labute approximate surface area is 136 Å². The second-order valence-electron chi connectivity index (χ2n) is 4.75. The third-order valence-electron chi connectivity index (χ3n) is 3.26. The molecule has 0 saturated carbocycles. The molecule has 1 heterocycles. The van der Waals surface area contributed by atoms with E-state index in [9.17, 15) is 13.9 Å². The van der Waals surface area contributed by atoms with Gasteiger partial charge >= 0.3 is 6.61 Å². The normalized spacial score (nSPS) is 21.4. The zero-order chi connectivity index (χ0) is 14.5. The van der Waals surface area contributed by atoms with Crippen molar-refractivity contribution in [3.8, 4) is 5.75 Å². The summed E-state index contributed by atoms with van der Waals surface area (Å²) in [6.45, 7) is -0.453. The van der Waals surface area contributed by atoms with Gasteiger partial charge in [-0.1, -0.05) is 15.9 Å². The van der Waals surface area contributed by atoms with Crippen LogP contribution in [0.5, 0.6) is 5.75 Å². The lowest BCUT2D eigenvalue weighted by atomic mass is 10.1. The van der Waals surface area contributed by atoms with Crippen LogP contribution in [0, 0.1) is 5.92 Å². The summed E-state index contributed by atoms with van der Waals surface area (Å²) in [6.07, 6.45) is -0.359. The molecule has 1 saturated heterocycles. The highest BCUT2D eigenvalue weighted by Crippen LogP contribution is 2.24. The smallest absolute Gasteiger partial charge is 0.387 e. The van der Waals surface area contributed by atoms with Gasteiger partial charge in [0.15, 0.2) is 0 Å². The van der Waals surface area contributed by atoms with Crippen molar-refractivity contribution in [1.82, 2.24) is 10.6 Å². The monoisotopic (exact) mass is 386 g/mol. The highest BCUT2D eigenvalue weighted by molar-refractivity contribution is 9.10. The van der Waals surface area contributed by atoms with E-state index in [0.29, 0.717) is 25.2 Å². The number of alkyl halides is 2. The summed E-state index contributed by atoms with van der Waals surface area (Å²) < 4.78 is 29.9. The number of aliphatic hydroxyl groups is 1. The molecular formula is C13H18BrClF2N2O2. The summed E-state index contributed by atoms with van der Waals surface area (Å²) in [7, 11) is 0. The zero-order valence-corrected chi connectivity index (χ0v) is 13.6. The predicted molar refractivity (Wildman–Crippen MR) is 82.1 cm³/mol. The second kappa shape index (κ2) is 8.85. The van der Waals surface area contributed by atoms with Crippen LogP contribution >= 0.6 is 28.3 Å². The minimum absolute atomic E-state index is 0. The molecule has 0 bridgehead atoms. The van der Waals surface area contributed by atoms with Crippen molar-refractivity contribution in [2.45, 2.75) is 19.3 Å². The number of rotatable bonds is 6. The van der Waals surface area contributed by atoms with Crippen LogP contribution in [0.2, 0.25) is 0 Å². The molecule has 1 aliphatic rings. The van der Waals surface area contributed by atoms with E-state index in [1.54, 1.807) is 12.1 Å². The summed E-state index contributed by atoms with van der Waals surface area (Å²) in [6, 6.07) is 4.92. The van der Waals surface area contributed by atoms with E-state index < -0.39 is 6.61 Å². The van der Waals surface area contributed by atoms with Gasteiger partial charge in [0.25, 0.3) is 0 Å². The van der Waals surface area contributed by atoms with Crippen molar-refractivity contribution in [3.63, 3.8) is 0 Å². The van der Waals surface area contributed by atoms with Crippen molar-refractivity contribution in [1.29, 1.82) is 0 Å². The Morgan fingerprint density at radius 3 is 2.81 bits per heavy atom. The number of ether oxygens (including phenoxy) is 1. The van der Waals surface area contributed by atoms with Gasteiger partial charge in [0, 0.05) is 42.1 Å². The van der Waals surface area contributed by atoms with Crippen molar-refractivity contribution >= 4 is 28.3 Å². The minimum atomic E-state index is -2.84. The fourth-order valence-corrected chi connectivity index (χ4v) is 2.63. The summed E-state index contributed by atoms with van der Waals surface area (Å²) in [5, 5.41) is 15.9. The molecule has 2 atom stereocenters. The first-order valence-electron chi connectivity index (χ1n) is 6.39. The number of hydrogen-bond acceptors (Lipinski definition) is 4. The van der Waals surface area contributed by atoms with Crippen molar-refractivity contribution < 1.29 is 18.6 Å². The van der Waals surface area contributed by atoms with Crippen LogP contribution in [0.1, 0.15) is 5.56 Å². The van der Waals surface area contributed by atoms with Gasteiger partial charge in [0.1, 0.15) is 5.75 Å². The maximum atomic E-state index is 12.3. The molecule has 1 aromatic rings. The predicted octanol–water partition coefficient (Wildman–Crippen LogP) is 2.14. The molecule has 4 nitrogen and oxygen atoms in total. The highest BCUT2D eigenvalue weighted by Gasteiger charge is 2.24. The zero-order valence-electron chi connectivity index (χ0n) is 11.2. The minimum Gasteiger partial charge on any atom is -0.434 e. The van der Waals surface area contributed by atoms with Crippen LogP contribution in [0.25, 0.3) is 0 Å². The number of nitrogens with one attached hydrogen (secondary N) is 2. The maximum absolute atomic E-state index is 12.3. The van der Waals surface area contributed by atoms with Crippen LogP contribution in [0.4, 0.5) is 8.78 Å². The molecule has 2 unspecified atom stereocenters. The molecule has 3 N–H and O–H groups in total. The van der Waals surface area contributed by atoms with Crippen LogP contribution < -0.4 is 15.4 Å². The third-order valence-corrected chi connectivity index (χ3v) is 3.76. The number of β-amino-alcohol motifs (C(OH)–C–C–N with tert-alkyl or cyclic N) is 1. The van der Waals surface area contributed by atoms with E-state index in [4.69, 9.17) is 0 Å². The first kappa shape index (κ1) is 18.6. The van der Waals surface area contributed by atoms with Crippen molar-refractivity contribution in [2.24, 2.45) is 5.92 Å². The average Bonchev–Trinajstić information content (AvgIpc) is 2.78. The quantitative estimate of drug-likeness (QED) is 0.700. The lowest BCUT2D eigenvalue weighted by Crippen LogP contribution is -2.30. The van der Waals surface area contributed by atoms with E-state index in [2.05, 4.69) is 31.3 Å². The Balaban J connectivity index is 0.00000220. The van der Waals surface area contributed by atoms with E-state index in [1.165, 1.54) is 6.07 Å². The van der Waals surface area contributed by atoms with E-state index >= 15 is 0 Å². The van der Waals surface area contributed by atoms with Gasteiger partial charge in [0.2, 0.25) is 0 Å². The van der Waals surface area contributed by atoms with Crippen molar-refractivity contribution in [3.05, 3.63) is 28.2 Å². The molecule has 1 aromatic carbocycles. The SMILES string of the molecule is Cl.OC1CNCC1CNCc1cc(Br)ccc1OC(F)F. The summed E-state index contributed by atoms with van der Waals surface area (Å²) in [5.41, 5.74) is 0.653. The standard InChI is InChI=1S/C13H17BrF2N2O2.ClH/c14-10-1-2-12(20-13(15)16)8(3-10)4-17-5-9-6-18-7-11(9)19;/h1-3,9,11,13,17-19H,4-7H2;1H. The van der Waals surface area contributed by atoms with Gasteiger partial charge in [-0.05, 0) is 18.2 Å². The Morgan fingerprint density at radius 1 is 1.43 bits per heavy atom. The number of benzene rings is 1. The van der Waals surface area contributed by atoms with E-state index in [1.807, 2.05) is 0 Å².